The van der Waals surface area contributed by atoms with Crippen molar-refractivity contribution in [3.05, 3.63) is 70.3 Å². The Balaban J connectivity index is 2.12. The van der Waals surface area contributed by atoms with E-state index in [1.165, 1.54) is 24.3 Å². The molecule has 0 heterocycles. The van der Waals surface area contributed by atoms with Crippen LogP contribution in [0.15, 0.2) is 36.4 Å². The molecule has 120 valence electrons. The van der Waals surface area contributed by atoms with Crippen LogP contribution in [0.3, 0.4) is 0 Å². The van der Waals surface area contributed by atoms with Gasteiger partial charge in [0.2, 0.25) is 0 Å². The van der Waals surface area contributed by atoms with E-state index in [0.717, 1.165) is 22.3 Å². The predicted octanol–water partition coefficient (Wildman–Crippen LogP) is 4.31. The number of fused-ring (bicyclic) bond motifs is 2. The average Bonchev–Trinajstić information content (AvgIpc) is 2.64. The summed E-state index contributed by atoms with van der Waals surface area (Å²) in [7, 11) is 0. The van der Waals surface area contributed by atoms with Gasteiger partial charge in [-0.05, 0) is 65.8 Å². The molecular weight excluding hydrogens is 298 g/mol. The number of hydrogen-bond donors (Lipinski definition) is 1. The van der Waals surface area contributed by atoms with Crippen LogP contribution in [0, 0.1) is 17.6 Å². The first-order valence-corrected chi connectivity index (χ1v) is 7.75. The molecule has 0 fully saturated rings. The molecule has 0 spiro atoms. The number of carboxylic acids is 1. The third-order valence-corrected chi connectivity index (χ3v) is 4.64. The SMILES string of the molecule is CC(CC1c2ccc(F)cc2CCc2cc(F)ccc21)C(=O)O. The number of rotatable bonds is 3. The fourth-order valence-electron chi connectivity index (χ4n) is 3.41. The normalized spacial score (nSPS) is 15.4. The Labute approximate surface area is 133 Å². The maximum Gasteiger partial charge on any atom is 0.306 e. The van der Waals surface area contributed by atoms with Crippen molar-refractivity contribution < 1.29 is 18.7 Å². The van der Waals surface area contributed by atoms with E-state index in [9.17, 15) is 18.7 Å². The molecule has 4 heteroatoms. The van der Waals surface area contributed by atoms with Crippen LogP contribution >= 0.6 is 0 Å². The van der Waals surface area contributed by atoms with E-state index in [0.29, 0.717) is 19.3 Å². The van der Waals surface area contributed by atoms with Gasteiger partial charge in [0.1, 0.15) is 11.6 Å². The minimum Gasteiger partial charge on any atom is -0.481 e. The summed E-state index contributed by atoms with van der Waals surface area (Å²) in [6.07, 6.45) is 1.66. The van der Waals surface area contributed by atoms with Crippen LogP contribution in [-0.2, 0) is 17.6 Å². The minimum atomic E-state index is -0.860. The Hall–Kier alpha value is -2.23. The monoisotopic (exact) mass is 316 g/mol. The topological polar surface area (TPSA) is 37.3 Å². The number of hydrogen-bond acceptors (Lipinski definition) is 1. The molecule has 23 heavy (non-hydrogen) atoms. The van der Waals surface area contributed by atoms with Crippen molar-refractivity contribution in [2.75, 3.05) is 0 Å². The van der Waals surface area contributed by atoms with Gasteiger partial charge >= 0.3 is 5.97 Å². The van der Waals surface area contributed by atoms with Gasteiger partial charge in [-0.25, -0.2) is 8.78 Å². The average molecular weight is 316 g/mol. The lowest BCUT2D eigenvalue weighted by molar-refractivity contribution is -0.141. The summed E-state index contributed by atoms with van der Waals surface area (Å²) in [5.41, 5.74) is 3.66. The summed E-state index contributed by atoms with van der Waals surface area (Å²) in [4.78, 5) is 11.3. The molecule has 0 aromatic heterocycles. The highest BCUT2D eigenvalue weighted by Gasteiger charge is 2.27. The second-order valence-corrected chi connectivity index (χ2v) is 6.21. The maximum absolute atomic E-state index is 13.6. The lowest BCUT2D eigenvalue weighted by Gasteiger charge is -2.22. The molecule has 0 aliphatic heterocycles. The van der Waals surface area contributed by atoms with Gasteiger partial charge in [0.15, 0.2) is 0 Å². The smallest absolute Gasteiger partial charge is 0.306 e. The zero-order valence-electron chi connectivity index (χ0n) is 12.9. The summed E-state index contributed by atoms with van der Waals surface area (Å²) >= 11 is 0. The number of halogens is 2. The Bertz CT molecular complexity index is 702. The zero-order chi connectivity index (χ0) is 16.6. The van der Waals surface area contributed by atoms with Crippen LogP contribution in [-0.4, -0.2) is 11.1 Å². The van der Waals surface area contributed by atoms with Gasteiger partial charge in [-0.3, -0.25) is 4.79 Å². The highest BCUT2D eigenvalue weighted by molar-refractivity contribution is 5.69. The van der Waals surface area contributed by atoms with Crippen molar-refractivity contribution in [2.24, 2.45) is 5.92 Å². The molecule has 0 amide bonds. The van der Waals surface area contributed by atoms with Crippen molar-refractivity contribution in [3.8, 4) is 0 Å². The van der Waals surface area contributed by atoms with Crippen molar-refractivity contribution in [2.45, 2.75) is 32.1 Å². The van der Waals surface area contributed by atoms with E-state index in [4.69, 9.17) is 0 Å². The van der Waals surface area contributed by atoms with Crippen LogP contribution < -0.4 is 0 Å². The summed E-state index contributed by atoms with van der Waals surface area (Å²) in [5.74, 6) is -2.15. The number of carboxylic acid groups (broad SMARTS) is 1. The molecule has 3 rings (SSSR count). The van der Waals surface area contributed by atoms with Crippen LogP contribution in [0.1, 0.15) is 41.5 Å². The van der Waals surface area contributed by atoms with E-state index in [-0.39, 0.29) is 17.6 Å². The van der Waals surface area contributed by atoms with E-state index in [1.807, 2.05) is 0 Å². The first-order valence-electron chi connectivity index (χ1n) is 7.75. The molecule has 2 aromatic rings. The minimum absolute atomic E-state index is 0.158. The van der Waals surface area contributed by atoms with Crippen molar-refractivity contribution in [1.82, 2.24) is 0 Å². The summed E-state index contributed by atoms with van der Waals surface area (Å²) in [6, 6.07) is 9.31. The Morgan fingerprint density at radius 2 is 1.57 bits per heavy atom. The van der Waals surface area contributed by atoms with Crippen LogP contribution in [0.2, 0.25) is 0 Å². The van der Waals surface area contributed by atoms with Gasteiger partial charge in [-0.2, -0.15) is 0 Å². The molecule has 1 aliphatic rings. The highest BCUT2D eigenvalue weighted by atomic mass is 19.1. The van der Waals surface area contributed by atoms with Crippen LogP contribution in [0.25, 0.3) is 0 Å². The van der Waals surface area contributed by atoms with Crippen LogP contribution in [0.5, 0.6) is 0 Å². The van der Waals surface area contributed by atoms with E-state index >= 15 is 0 Å². The number of benzene rings is 2. The number of carbonyl (C=O) groups is 1. The first-order chi connectivity index (χ1) is 11.0. The third-order valence-electron chi connectivity index (χ3n) is 4.64. The Morgan fingerprint density at radius 3 is 2.00 bits per heavy atom. The predicted molar refractivity (Wildman–Crippen MR) is 83.5 cm³/mol. The van der Waals surface area contributed by atoms with Gasteiger partial charge in [0, 0.05) is 5.92 Å². The van der Waals surface area contributed by atoms with E-state index in [1.54, 1.807) is 19.1 Å². The van der Waals surface area contributed by atoms with Gasteiger partial charge in [0.05, 0.1) is 5.92 Å². The van der Waals surface area contributed by atoms with Gasteiger partial charge in [0.25, 0.3) is 0 Å². The molecule has 2 nitrogen and oxygen atoms in total. The molecule has 1 unspecified atom stereocenters. The molecule has 0 saturated heterocycles. The quantitative estimate of drug-likeness (QED) is 0.916. The van der Waals surface area contributed by atoms with Crippen molar-refractivity contribution in [3.63, 3.8) is 0 Å². The zero-order valence-corrected chi connectivity index (χ0v) is 12.9. The number of aryl methyl sites for hydroxylation is 2. The summed E-state index contributed by atoms with van der Waals surface area (Å²) in [5, 5.41) is 9.25. The lowest BCUT2D eigenvalue weighted by Crippen LogP contribution is -2.15. The molecule has 1 aliphatic carbocycles. The Kier molecular flexibility index (Phi) is 4.16. The largest absolute Gasteiger partial charge is 0.481 e. The Morgan fingerprint density at radius 1 is 1.09 bits per heavy atom. The fraction of sp³-hybridized carbons (Fsp3) is 0.316. The van der Waals surface area contributed by atoms with E-state index in [2.05, 4.69) is 0 Å². The number of aliphatic carboxylic acids is 1. The second kappa shape index (κ2) is 6.11. The third kappa shape index (κ3) is 3.11. The molecule has 0 radical (unpaired) electrons. The maximum atomic E-state index is 13.6. The molecule has 0 saturated carbocycles. The standard InChI is InChI=1S/C19H18F2O2/c1-11(19(22)23)8-18-16-6-4-14(20)9-12(16)2-3-13-10-15(21)5-7-17(13)18/h4-7,9-11,18H,2-3,8H2,1H3,(H,22,23). The molecule has 1 N–H and O–H groups in total. The van der Waals surface area contributed by atoms with Gasteiger partial charge in [-0.1, -0.05) is 19.1 Å². The molecule has 0 bridgehead atoms. The van der Waals surface area contributed by atoms with Crippen molar-refractivity contribution in [1.29, 1.82) is 0 Å². The van der Waals surface area contributed by atoms with Crippen LogP contribution in [0.4, 0.5) is 8.78 Å². The van der Waals surface area contributed by atoms with Crippen molar-refractivity contribution >= 4 is 5.97 Å². The lowest BCUT2D eigenvalue weighted by atomic mass is 9.82. The van der Waals surface area contributed by atoms with Gasteiger partial charge < -0.3 is 5.11 Å². The second-order valence-electron chi connectivity index (χ2n) is 6.21. The fourth-order valence-corrected chi connectivity index (χ4v) is 3.41. The van der Waals surface area contributed by atoms with E-state index < -0.39 is 11.9 Å². The molecule has 1 atom stereocenters. The van der Waals surface area contributed by atoms with Gasteiger partial charge in [-0.15, -0.1) is 0 Å². The summed E-state index contributed by atoms with van der Waals surface area (Å²) < 4.78 is 27.2. The summed E-state index contributed by atoms with van der Waals surface area (Å²) in [6.45, 7) is 1.67. The molecular formula is C19H18F2O2. The first kappa shape index (κ1) is 15.7. The molecule has 2 aromatic carbocycles. The highest BCUT2D eigenvalue weighted by Crippen LogP contribution is 2.38.